The van der Waals surface area contributed by atoms with Crippen molar-refractivity contribution in [1.29, 1.82) is 0 Å². The molecule has 3 aliphatic carbocycles. The van der Waals surface area contributed by atoms with Gasteiger partial charge in [-0.2, -0.15) is 0 Å². The van der Waals surface area contributed by atoms with Crippen LogP contribution in [0.25, 0.3) is 0 Å². The maximum absolute atomic E-state index is 11.0. The Morgan fingerprint density at radius 1 is 1.10 bits per heavy atom. The smallest absolute Gasteiger partial charge is 0.192 e. The van der Waals surface area contributed by atoms with Gasteiger partial charge >= 0.3 is 0 Å². The fraction of sp³-hybridized carbons (Fsp3) is 0.760. The minimum atomic E-state index is -1.78. The first-order chi connectivity index (χ1) is 13.5. The molecule has 0 amide bonds. The van der Waals surface area contributed by atoms with Crippen LogP contribution in [0.4, 0.5) is 0 Å². The third-order valence-corrected chi connectivity index (χ3v) is 13.6. The number of aliphatic hydroxyl groups excluding tert-OH is 1. The number of ether oxygens (including phenoxy) is 1. The van der Waals surface area contributed by atoms with Gasteiger partial charge in [0.05, 0.1) is 19.3 Å². The second-order valence-corrected chi connectivity index (χ2v) is 16.4. The molecule has 2 unspecified atom stereocenters. The number of hydrogen-bond donors (Lipinski definition) is 1. The lowest BCUT2D eigenvalue weighted by Gasteiger charge is -2.53. The highest BCUT2D eigenvalue weighted by Gasteiger charge is 2.57. The van der Waals surface area contributed by atoms with E-state index in [9.17, 15) is 5.11 Å². The van der Waals surface area contributed by atoms with Crippen molar-refractivity contribution in [2.75, 3.05) is 7.11 Å². The van der Waals surface area contributed by atoms with Crippen LogP contribution in [0.3, 0.4) is 0 Å². The van der Waals surface area contributed by atoms with Crippen molar-refractivity contribution in [2.24, 2.45) is 17.3 Å². The number of hydrogen-bond acceptors (Lipinski definition) is 3. The Hall–Kier alpha value is -0.843. The van der Waals surface area contributed by atoms with Crippen molar-refractivity contribution in [3.63, 3.8) is 0 Å². The van der Waals surface area contributed by atoms with E-state index in [-0.39, 0.29) is 16.6 Å². The molecule has 29 heavy (non-hydrogen) atoms. The van der Waals surface area contributed by atoms with E-state index in [0.717, 1.165) is 17.7 Å². The fourth-order valence-electron chi connectivity index (χ4n) is 6.37. The van der Waals surface area contributed by atoms with Gasteiger partial charge in [-0.25, -0.2) is 0 Å². The Morgan fingerprint density at radius 3 is 2.48 bits per heavy atom. The summed E-state index contributed by atoms with van der Waals surface area (Å²) in [6, 6.07) is 6.34. The standard InChI is InChI=1S/C25H40O3Si/c1-24(2,3)29(6,7)28-23-11-10-21-19-15-22(26)20-14-16(27-5)8-9-17(20)18(19)12-13-25(21,23)4/h8-9,14,18-19,21-23,26H,10-13,15H2,1-7H3/t18-,19-,21+,22?,23?,25+/m1/s1. The van der Waals surface area contributed by atoms with E-state index in [0.29, 0.717) is 23.9 Å². The lowest BCUT2D eigenvalue weighted by atomic mass is 9.55. The van der Waals surface area contributed by atoms with Crippen LogP contribution in [0.15, 0.2) is 18.2 Å². The van der Waals surface area contributed by atoms with E-state index in [2.05, 4.69) is 59.0 Å². The van der Waals surface area contributed by atoms with Gasteiger partial charge in [0.1, 0.15) is 5.75 Å². The third kappa shape index (κ3) is 3.39. The van der Waals surface area contributed by atoms with E-state index in [1.54, 1.807) is 7.11 Å². The Balaban J connectivity index is 1.60. The van der Waals surface area contributed by atoms with Crippen molar-refractivity contribution in [3.8, 4) is 5.75 Å². The first-order valence-corrected chi connectivity index (χ1v) is 14.4. The molecule has 0 aromatic heterocycles. The lowest BCUT2D eigenvalue weighted by molar-refractivity contribution is -0.0322. The summed E-state index contributed by atoms with van der Waals surface area (Å²) in [6.07, 6.45) is 5.77. The lowest BCUT2D eigenvalue weighted by Crippen LogP contribution is -2.50. The summed E-state index contributed by atoms with van der Waals surface area (Å²) in [5, 5.41) is 11.3. The molecule has 1 N–H and O–H groups in total. The third-order valence-electron chi connectivity index (χ3n) is 9.14. The largest absolute Gasteiger partial charge is 0.497 e. The molecule has 4 rings (SSSR count). The maximum Gasteiger partial charge on any atom is 0.192 e. The molecule has 0 saturated heterocycles. The summed E-state index contributed by atoms with van der Waals surface area (Å²) in [7, 11) is -0.0806. The zero-order valence-electron chi connectivity index (χ0n) is 19.4. The maximum atomic E-state index is 11.0. The summed E-state index contributed by atoms with van der Waals surface area (Å²) in [5.74, 6) is 2.65. The van der Waals surface area contributed by atoms with Crippen LogP contribution in [0, 0.1) is 17.3 Å². The molecule has 0 radical (unpaired) electrons. The van der Waals surface area contributed by atoms with Gasteiger partial charge in [-0.05, 0) is 96.7 Å². The van der Waals surface area contributed by atoms with Crippen LogP contribution >= 0.6 is 0 Å². The van der Waals surface area contributed by atoms with Crippen LogP contribution in [0.1, 0.15) is 82.9 Å². The van der Waals surface area contributed by atoms with Crippen LogP contribution in [-0.2, 0) is 4.43 Å². The van der Waals surface area contributed by atoms with Crippen molar-refractivity contribution in [3.05, 3.63) is 29.3 Å². The molecular weight excluding hydrogens is 376 g/mol. The molecule has 4 heteroatoms. The van der Waals surface area contributed by atoms with E-state index in [1.807, 2.05) is 0 Å². The predicted octanol–water partition coefficient (Wildman–Crippen LogP) is 6.43. The summed E-state index contributed by atoms with van der Waals surface area (Å²) in [6.45, 7) is 14.3. The van der Waals surface area contributed by atoms with Crippen LogP contribution in [0.5, 0.6) is 5.75 Å². The molecule has 0 bridgehead atoms. The van der Waals surface area contributed by atoms with Crippen molar-refractivity contribution in [1.82, 2.24) is 0 Å². The van der Waals surface area contributed by atoms with Gasteiger partial charge in [0.2, 0.25) is 0 Å². The predicted molar refractivity (Wildman–Crippen MR) is 121 cm³/mol. The SMILES string of the molecule is COc1ccc2c(c1)C(O)C[C@@H]1[C@@H]2CC[C@]2(C)C(O[Si](C)(C)C(C)(C)C)CC[C@@H]12. The normalized spacial score (nSPS) is 36.9. The molecule has 0 heterocycles. The van der Waals surface area contributed by atoms with E-state index < -0.39 is 8.32 Å². The molecule has 0 spiro atoms. The van der Waals surface area contributed by atoms with E-state index in [4.69, 9.17) is 9.16 Å². The monoisotopic (exact) mass is 416 g/mol. The highest BCUT2D eigenvalue weighted by Crippen LogP contribution is 2.63. The van der Waals surface area contributed by atoms with Crippen molar-refractivity contribution in [2.45, 2.75) is 96.1 Å². The van der Waals surface area contributed by atoms with Gasteiger partial charge in [-0.3, -0.25) is 0 Å². The van der Waals surface area contributed by atoms with E-state index >= 15 is 0 Å². The topological polar surface area (TPSA) is 38.7 Å². The zero-order valence-corrected chi connectivity index (χ0v) is 20.4. The summed E-state index contributed by atoms with van der Waals surface area (Å²) in [4.78, 5) is 0. The molecule has 3 aliphatic rings. The first-order valence-electron chi connectivity index (χ1n) is 11.5. The van der Waals surface area contributed by atoms with Gasteiger partial charge in [-0.15, -0.1) is 0 Å². The number of aliphatic hydroxyl groups is 1. The Kier molecular flexibility index (Phi) is 5.24. The van der Waals surface area contributed by atoms with Crippen molar-refractivity contribution >= 4 is 8.32 Å². The Bertz CT molecular complexity index is 768. The Labute approximate surface area is 178 Å². The number of methoxy groups -OCH3 is 1. The molecular formula is C25H40O3Si. The zero-order chi connectivity index (χ0) is 21.2. The van der Waals surface area contributed by atoms with Gasteiger partial charge in [0, 0.05) is 0 Å². The minimum absolute atomic E-state index is 0.248. The van der Waals surface area contributed by atoms with Crippen molar-refractivity contribution < 1.29 is 14.3 Å². The van der Waals surface area contributed by atoms with Crippen LogP contribution in [0.2, 0.25) is 18.1 Å². The molecule has 0 aliphatic heterocycles. The average Bonchev–Trinajstić information content (AvgIpc) is 2.97. The molecule has 162 valence electrons. The quantitative estimate of drug-likeness (QED) is 0.577. The molecule has 6 atom stereocenters. The first kappa shape index (κ1) is 21.4. The van der Waals surface area contributed by atoms with Gasteiger partial charge in [-0.1, -0.05) is 33.8 Å². The second kappa shape index (κ2) is 7.10. The number of fused-ring (bicyclic) bond motifs is 5. The molecule has 1 aromatic carbocycles. The fourth-order valence-corrected chi connectivity index (χ4v) is 7.82. The van der Waals surface area contributed by atoms with E-state index in [1.165, 1.54) is 31.2 Å². The highest BCUT2D eigenvalue weighted by atomic mass is 28.4. The number of benzene rings is 1. The van der Waals surface area contributed by atoms with Gasteiger partial charge < -0.3 is 14.3 Å². The molecule has 2 saturated carbocycles. The molecule has 2 fully saturated rings. The summed E-state index contributed by atoms with van der Waals surface area (Å²) < 4.78 is 12.4. The summed E-state index contributed by atoms with van der Waals surface area (Å²) >= 11 is 0. The van der Waals surface area contributed by atoms with Gasteiger partial charge in [0.25, 0.3) is 0 Å². The molecule has 3 nitrogen and oxygen atoms in total. The minimum Gasteiger partial charge on any atom is -0.497 e. The van der Waals surface area contributed by atoms with Crippen LogP contribution < -0.4 is 4.74 Å². The highest BCUT2D eigenvalue weighted by molar-refractivity contribution is 6.74. The summed E-state index contributed by atoms with van der Waals surface area (Å²) in [5.41, 5.74) is 2.71. The molecule has 1 aromatic rings. The average molecular weight is 417 g/mol. The number of rotatable bonds is 3. The van der Waals surface area contributed by atoms with Gasteiger partial charge in [0.15, 0.2) is 8.32 Å². The van der Waals surface area contributed by atoms with Crippen LogP contribution in [-0.4, -0.2) is 26.6 Å². The second-order valence-electron chi connectivity index (χ2n) is 11.6. The Morgan fingerprint density at radius 2 is 1.83 bits per heavy atom.